The summed E-state index contributed by atoms with van der Waals surface area (Å²) in [6, 6.07) is 7.20. The first kappa shape index (κ1) is 17.3. The number of hydrogen-bond acceptors (Lipinski definition) is 5. The first-order chi connectivity index (χ1) is 12.1. The summed E-state index contributed by atoms with van der Waals surface area (Å²) in [5.41, 5.74) is 0.733. The Morgan fingerprint density at radius 3 is 2.84 bits per heavy atom. The van der Waals surface area contributed by atoms with Crippen molar-refractivity contribution in [1.82, 2.24) is 15.1 Å². The number of rotatable bonds is 3. The molecule has 1 aliphatic rings. The van der Waals surface area contributed by atoms with Crippen LogP contribution in [0.15, 0.2) is 35.3 Å². The van der Waals surface area contributed by atoms with Gasteiger partial charge in [0.15, 0.2) is 0 Å². The molecule has 132 valence electrons. The van der Waals surface area contributed by atoms with Gasteiger partial charge in [-0.15, -0.1) is 0 Å². The van der Waals surface area contributed by atoms with E-state index in [1.807, 2.05) is 17.0 Å². The minimum atomic E-state index is -0.412. The zero-order valence-electron chi connectivity index (χ0n) is 13.9. The molecule has 2 heterocycles. The number of carbonyl (C=O) groups excluding carboxylic acids is 1. The van der Waals surface area contributed by atoms with Crippen LogP contribution in [0, 0.1) is 0 Å². The number of halogens is 1. The van der Waals surface area contributed by atoms with Crippen molar-refractivity contribution in [2.75, 3.05) is 38.2 Å². The molecule has 7 nitrogen and oxygen atoms in total. The summed E-state index contributed by atoms with van der Waals surface area (Å²) in [6.07, 6.45) is 2.31. The van der Waals surface area contributed by atoms with Gasteiger partial charge in [-0.2, -0.15) is 5.10 Å². The summed E-state index contributed by atoms with van der Waals surface area (Å²) in [4.78, 5) is 28.3. The second-order valence-electron chi connectivity index (χ2n) is 5.73. The summed E-state index contributed by atoms with van der Waals surface area (Å²) in [7, 11) is 1.55. The quantitative estimate of drug-likeness (QED) is 0.900. The molecule has 0 radical (unpaired) electrons. The van der Waals surface area contributed by atoms with Crippen LogP contribution in [-0.4, -0.2) is 54.3 Å². The Labute approximate surface area is 150 Å². The van der Waals surface area contributed by atoms with E-state index in [1.165, 1.54) is 0 Å². The zero-order valence-corrected chi connectivity index (χ0v) is 14.6. The second-order valence-corrected chi connectivity index (χ2v) is 6.11. The van der Waals surface area contributed by atoms with Crippen LogP contribution in [0.2, 0.25) is 5.02 Å². The van der Waals surface area contributed by atoms with Crippen LogP contribution in [-0.2, 0) is 0 Å². The van der Waals surface area contributed by atoms with Crippen LogP contribution >= 0.6 is 11.6 Å². The summed E-state index contributed by atoms with van der Waals surface area (Å²) >= 11 is 6.09. The first-order valence-corrected chi connectivity index (χ1v) is 8.40. The average Bonchev–Trinajstić information content (AvgIpc) is 2.89. The highest BCUT2D eigenvalue weighted by Gasteiger charge is 2.24. The molecule has 8 heteroatoms. The van der Waals surface area contributed by atoms with Gasteiger partial charge < -0.3 is 14.5 Å². The lowest BCUT2D eigenvalue weighted by molar-refractivity contribution is 0.0763. The molecular formula is C17H19ClN4O3. The minimum Gasteiger partial charge on any atom is -0.496 e. The van der Waals surface area contributed by atoms with Crippen LogP contribution in [0.1, 0.15) is 16.8 Å². The van der Waals surface area contributed by atoms with Gasteiger partial charge in [-0.25, -0.2) is 5.10 Å². The molecule has 1 saturated heterocycles. The number of methoxy groups -OCH3 is 1. The van der Waals surface area contributed by atoms with Crippen molar-refractivity contribution in [3.8, 4) is 5.75 Å². The monoisotopic (exact) mass is 362 g/mol. The molecular weight excluding hydrogens is 344 g/mol. The molecule has 2 aromatic rings. The number of nitrogens with zero attached hydrogens (tertiary/aromatic N) is 3. The molecule has 1 aromatic heterocycles. The Morgan fingerprint density at radius 2 is 2.04 bits per heavy atom. The first-order valence-electron chi connectivity index (χ1n) is 8.02. The Hall–Kier alpha value is -2.54. The van der Waals surface area contributed by atoms with Crippen molar-refractivity contribution >= 4 is 23.2 Å². The van der Waals surface area contributed by atoms with Crippen molar-refractivity contribution in [3.05, 3.63) is 51.4 Å². The molecule has 0 unspecified atom stereocenters. The van der Waals surface area contributed by atoms with E-state index in [0.717, 1.165) is 6.42 Å². The number of aromatic nitrogens is 2. The van der Waals surface area contributed by atoms with E-state index in [-0.39, 0.29) is 10.9 Å². The standard InChI is InChI=1S/C17H19ClN4O3/c1-25-14-6-3-2-5-12(14)17(24)22-8-4-7-21(9-10-22)13-11-19-20-16(23)15(13)18/h2-3,5-6,11H,4,7-10H2,1H3,(H,20,23). The van der Waals surface area contributed by atoms with E-state index in [0.29, 0.717) is 43.2 Å². The van der Waals surface area contributed by atoms with E-state index < -0.39 is 5.56 Å². The fraction of sp³-hybridized carbons (Fsp3) is 0.353. The number of para-hydroxylation sites is 1. The molecule has 0 atom stereocenters. The number of hydrogen-bond donors (Lipinski definition) is 1. The van der Waals surface area contributed by atoms with Crippen LogP contribution in [0.5, 0.6) is 5.75 Å². The maximum atomic E-state index is 12.8. The van der Waals surface area contributed by atoms with Crippen molar-refractivity contribution in [2.24, 2.45) is 0 Å². The van der Waals surface area contributed by atoms with E-state index >= 15 is 0 Å². The Balaban J connectivity index is 1.76. The lowest BCUT2D eigenvalue weighted by atomic mass is 10.1. The predicted molar refractivity (Wildman–Crippen MR) is 95.6 cm³/mol. The van der Waals surface area contributed by atoms with Crippen LogP contribution < -0.4 is 15.2 Å². The zero-order chi connectivity index (χ0) is 17.8. The highest BCUT2D eigenvalue weighted by molar-refractivity contribution is 6.33. The number of aromatic amines is 1. The van der Waals surface area contributed by atoms with Gasteiger partial charge in [-0.3, -0.25) is 9.59 Å². The molecule has 0 bridgehead atoms. The number of H-pyrrole nitrogens is 1. The number of carbonyl (C=O) groups is 1. The molecule has 1 fully saturated rings. The summed E-state index contributed by atoms with van der Waals surface area (Å²) in [6.45, 7) is 2.42. The number of nitrogens with one attached hydrogen (secondary N) is 1. The number of anilines is 1. The molecule has 0 aliphatic carbocycles. The highest BCUT2D eigenvalue weighted by Crippen LogP contribution is 2.23. The molecule has 3 rings (SSSR count). The van der Waals surface area contributed by atoms with E-state index in [4.69, 9.17) is 16.3 Å². The summed E-state index contributed by atoms with van der Waals surface area (Å²) in [5, 5.41) is 6.25. The van der Waals surface area contributed by atoms with Gasteiger partial charge in [0.25, 0.3) is 11.5 Å². The maximum Gasteiger partial charge on any atom is 0.285 e. The van der Waals surface area contributed by atoms with Crippen LogP contribution in [0.3, 0.4) is 0 Å². The number of benzene rings is 1. The van der Waals surface area contributed by atoms with Gasteiger partial charge in [0, 0.05) is 26.2 Å². The topological polar surface area (TPSA) is 78.5 Å². The Bertz CT molecular complexity index is 824. The van der Waals surface area contributed by atoms with Crippen molar-refractivity contribution in [3.63, 3.8) is 0 Å². The third kappa shape index (κ3) is 3.61. The minimum absolute atomic E-state index is 0.0607. The molecule has 1 aliphatic heterocycles. The van der Waals surface area contributed by atoms with Crippen molar-refractivity contribution < 1.29 is 9.53 Å². The number of ether oxygens (including phenoxy) is 1. The van der Waals surface area contributed by atoms with Gasteiger partial charge in [-0.05, 0) is 18.6 Å². The average molecular weight is 363 g/mol. The number of amides is 1. The molecule has 1 amide bonds. The normalized spacial score (nSPS) is 15.0. The summed E-state index contributed by atoms with van der Waals surface area (Å²) < 4.78 is 5.29. The molecule has 1 aromatic carbocycles. The maximum absolute atomic E-state index is 12.8. The SMILES string of the molecule is COc1ccccc1C(=O)N1CCCN(c2cn[nH]c(=O)c2Cl)CC1. The second kappa shape index (κ2) is 7.57. The fourth-order valence-corrected chi connectivity index (χ4v) is 3.16. The van der Waals surface area contributed by atoms with Gasteiger partial charge >= 0.3 is 0 Å². The lowest BCUT2D eigenvalue weighted by Gasteiger charge is -2.24. The summed E-state index contributed by atoms with van der Waals surface area (Å²) in [5.74, 6) is 0.505. The van der Waals surface area contributed by atoms with E-state index in [2.05, 4.69) is 10.2 Å². The van der Waals surface area contributed by atoms with Gasteiger partial charge in [0.2, 0.25) is 0 Å². The lowest BCUT2D eigenvalue weighted by Crippen LogP contribution is -2.35. The Morgan fingerprint density at radius 1 is 1.24 bits per heavy atom. The van der Waals surface area contributed by atoms with Gasteiger partial charge in [0.05, 0.1) is 24.6 Å². The molecule has 25 heavy (non-hydrogen) atoms. The van der Waals surface area contributed by atoms with Crippen LogP contribution in [0.25, 0.3) is 0 Å². The van der Waals surface area contributed by atoms with Crippen LogP contribution in [0.4, 0.5) is 5.69 Å². The molecule has 0 spiro atoms. The Kier molecular flexibility index (Phi) is 5.23. The third-order valence-corrected chi connectivity index (χ3v) is 4.60. The van der Waals surface area contributed by atoms with Gasteiger partial charge in [-0.1, -0.05) is 23.7 Å². The molecule has 1 N–H and O–H groups in total. The van der Waals surface area contributed by atoms with E-state index in [1.54, 1.807) is 30.3 Å². The third-order valence-electron chi connectivity index (χ3n) is 4.24. The predicted octanol–water partition coefficient (Wildman–Crippen LogP) is 1.78. The van der Waals surface area contributed by atoms with Gasteiger partial charge in [0.1, 0.15) is 10.8 Å². The van der Waals surface area contributed by atoms with Crippen molar-refractivity contribution in [1.29, 1.82) is 0 Å². The van der Waals surface area contributed by atoms with E-state index in [9.17, 15) is 9.59 Å². The largest absolute Gasteiger partial charge is 0.496 e. The fourth-order valence-electron chi connectivity index (χ4n) is 2.95. The van der Waals surface area contributed by atoms with Crippen molar-refractivity contribution in [2.45, 2.75) is 6.42 Å². The highest BCUT2D eigenvalue weighted by atomic mass is 35.5. The molecule has 0 saturated carbocycles. The smallest absolute Gasteiger partial charge is 0.285 e.